The van der Waals surface area contributed by atoms with Gasteiger partial charge in [0.1, 0.15) is 0 Å². The SMILES string of the molecule is N#Cc1ccc([C@@H](N)C2CC2)cc1. The van der Waals surface area contributed by atoms with E-state index in [1.807, 2.05) is 24.3 Å². The van der Waals surface area contributed by atoms with Crippen LogP contribution < -0.4 is 5.73 Å². The third kappa shape index (κ3) is 1.71. The minimum absolute atomic E-state index is 0.174. The fraction of sp³-hybridized carbons (Fsp3) is 0.364. The summed E-state index contributed by atoms with van der Waals surface area (Å²) < 4.78 is 0. The van der Waals surface area contributed by atoms with Gasteiger partial charge in [0.2, 0.25) is 0 Å². The first-order valence-corrected chi connectivity index (χ1v) is 4.57. The Morgan fingerprint density at radius 1 is 1.31 bits per heavy atom. The van der Waals surface area contributed by atoms with Crippen LogP contribution in [0, 0.1) is 17.2 Å². The van der Waals surface area contributed by atoms with Crippen molar-refractivity contribution in [2.75, 3.05) is 0 Å². The lowest BCUT2D eigenvalue weighted by Gasteiger charge is -2.09. The number of nitriles is 1. The third-order valence-electron chi connectivity index (χ3n) is 2.55. The van der Waals surface area contributed by atoms with Crippen molar-refractivity contribution in [1.29, 1.82) is 5.26 Å². The highest BCUT2D eigenvalue weighted by Gasteiger charge is 2.29. The molecular formula is C11H12N2. The van der Waals surface area contributed by atoms with Gasteiger partial charge in [0.25, 0.3) is 0 Å². The van der Waals surface area contributed by atoms with Crippen LogP contribution in [0.1, 0.15) is 30.0 Å². The summed E-state index contributed by atoms with van der Waals surface area (Å²) in [6.07, 6.45) is 2.50. The quantitative estimate of drug-likeness (QED) is 0.741. The first kappa shape index (κ1) is 8.28. The van der Waals surface area contributed by atoms with Crippen LogP contribution in [0.5, 0.6) is 0 Å². The molecular weight excluding hydrogens is 160 g/mol. The van der Waals surface area contributed by atoms with E-state index in [9.17, 15) is 0 Å². The molecule has 1 saturated carbocycles. The van der Waals surface area contributed by atoms with Gasteiger partial charge in [-0.25, -0.2) is 0 Å². The van der Waals surface area contributed by atoms with E-state index in [0.29, 0.717) is 11.5 Å². The molecule has 13 heavy (non-hydrogen) atoms. The standard InChI is InChI=1S/C11H12N2/c12-7-8-1-3-9(4-2-8)11(13)10-5-6-10/h1-4,10-11H,5-6,13H2/t11-/m1/s1. The molecule has 0 saturated heterocycles. The van der Waals surface area contributed by atoms with Gasteiger partial charge in [-0.15, -0.1) is 0 Å². The Morgan fingerprint density at radius 2 is 1.92 bits per heavy atom. The van der Waals surface area contributed by atoms with E-state index in [2.05, 4.69) is 6.07 Å². The third-order valence-corrected chi connectivity index (χ3v) is 2.55. The lowest BCUT2D eigenvalue weighted by atomic mass is 10.0. The molecule has 1 fully saturated rings. The molecule has 1 aliphatic carbocycles. The summed E-state index contributed by atoms with van der Waals surface area (Å²) in [6, 6.07) is 9.85. The molecule has 0 bridgehead atoms. The molecule has 66 valence electrons. The molecule has 2 N–H and O–H groups in total. The van der Waals surface area contributed by atoms with Crippen LogP contribution >= 0.6 is 0 Å². The first-order valence-electron chi connectivity index (χ1n) is 4.57. The average Bonchev–Trinajstić information content (AvgIpc) is 3.00. The molecule has 0 aromatic heterocycles. The molecule has 2 heteroatoms. The van der Waals surface area contributed by atoms with Crippen LogP contribution in [0.3, 0.4) is 0 Å². The second-order valence-electron chi connectivity index (χ2n) is 3.60. The Kier molecular flexibility index (Phi) is 2.03. The van der Waals surface area contributed by atoms with Crippen LogP contribution in [-0.2, 0) is 0 Å². The summed E-state index contributed by atoms with van der Waals surface area (Å²) in [5.41, 5.74) is 7.86. The highest BCUT2D eigenvalue weighted by atomic mass is 14.7. The second kappa shape index (κ2) is 3.20. The zero-order valence-corrected chi connectivity index (χ0v) is 7.40. The largest absolute Gasteiger partial charge is 0.324 e. The predicted octanol–water partition coefficient (Wildman–Crippen LogP) is 1.97. The van der Waals surface area contributed by atoms with E-state index < -0.39 is 0 Å². The monoisotopic (exact) mass is 172 g/mol. The van der Waals surface area contributed by atoms with Crippen LogP contribution in [0.25, 0.3) is 0 Å². The maximum atomic E-state index is 8.61. The van der Waals surface area contributed by atoms with E-state index >= 15 is 0 Å². The minimum Gasteiger partial charge on any atom is -0.324 e. The fourth-order valence-corrected chi connectivity index (χ4v) is 1.51. The van der Waals surface area contributed by atoms with Crippen molar-refractivity contribution in [2.45, 2.75) is 18.9 Å². The number of hydrogen-bond donors (Lipinski definition) is 1. The highest BCUT2D eigenvalue weighted by molar-refractivity contribution is 5.33. The van der Waals surface area contributed by atoms with Gasteiger partial charge in [-0.05, 0) is 36.5 Å². The highest BCUT2D eigenvalue weighted by Crippen LogP contribution is 2.39. The lowest BCUT2D eigenvalue weighted by molar-refractivity contribution is 0.633. The average molecular weight is 172 g/mol. The van der Waals surface area contributed by atoms with Crippen molar-refractivity contribution in [2.24, 2.45) is 11.7 Å². The molecule has 0 heterocycles. The van der Waals surface area contributed by atoms with Gasteiger partial charge in [0, 0.05) is 6.04 Å². The smallest absolute Gasteiger partial charge is 0.0991 e. The molecule has 1 aliphatic rings. The first-order chi connectivity index (χ1) is 6.31. The van der Waals surface area contributed by atoms with Crippen molar-refractivity contribution in [1.82, 2.24) is 0 Å². The second-order valence-corrected chi connectivity index (χ2v) is 3.60. The summed E-state index contributed by atoms with van der Waals surface area (Å²) in [6.45, 7) is 0. The van der Waals surface area contributed by atoms with Crippen molar-refractivity contribution in [3.63, 3.8) is 0 Å². The van der Waals surface area contributed by atoms with Crippen LogP contribution in [0.15, 0.2) is 24.3 Å². The van der Waals surface area contributed by atoms with Crippen molar-refractivity contribution in [3.05, 3.63) is 35.4 Å². The number of hydrogen-bond acceptors (Lipinski definition) is 2. The van der Waals surface area contributed by atoms with E-state index in [0.717, 1.165) is 5.56 Å². The number of nitrogens with two attached hydrogens (primary N) is 1. The maximum absolute atomic E-state index is 8.61. The molecule has 1 aromatic carbocycles. The van der Waals surface area contributed by atoms with E-state index in [4.69, 9.17) is 11.0 Å². The molecule has 2 rings (SSSR count). The van der Waals surface area contributed by atoms with Gasteiger partial charge >= 0.3 is 0 Å². The Labute approximate surface area is 78.0 Å². The topological polar surface area (TPSA) is 49.8 Å². The molecule has 2 nitrogen and oxygen atoms in total. The number of nitrogens with zero attached hydrogens (tertiary/aromatic N) is 1. The molecule has 1 atom stereocenters. The van der Waals surface area contributed by atoms with Gasteiger partial charge in [-0.3, -0.25) is 0 Å². The molecule has 1 aromatic rings. The summed E-state index contributed by atoms with van der Waals surface area (Å²) in [5, 5.41) is 8.61. The normalized spacial score (nSPS) is 17.8. The summed E-state index contributed by atoms with van der Waals surface area (Å²) in [4.78, 5) is 0. The van der Waals surface area contributed by atoms with E-state index in [-0.39, 0.29) is 6.04 Å². The summed E-state index contributed by atoms with van der Waals surface area (Å²) in [5.74, 6) is 0.674. The van der Waals surface area contributed by atoms with Crippen molar-refractivity contribution < 1.29 is 0 Å². The Bertz CT molecular complexity index is 330. The van der Waals surface area contributed by atoms with Gasteiger partial charge < -0.3 is 5.73 Å². The van der Waals surface area contributed by atoms with E-state index in [1.54, 1.807) is 0 Å². The van der Waals surface area contributed by atoms with Crippen LogP contribution in [0.2, 0.25) is 0 Å². The Hall–Kier alpha value is -1.33. The Balaban J connectivity index is 2.17. The van der Waals surface area contributed by atoms with Crippen LogP contribution in [0.4, 0.5) is 0 Å². The summed E-state index contributed by atoms with van der Waals surface area (Å²) in [7, 11) is 0. The molecule has 0 aliphatic heterocycles. The van der Waals surface area contributed by atoms with E-state index in [1.165, 1.54) is 12.8 Å². The molecule has 0 spiro atoms. The summed E-state index contributed by atoms with van der Waals surface area (Å²) >= 11 is 0. The lowest BCUT2D eigenvalue weighted by Crippen LogP contribution is -2.11. The fourth-order valence-electron chi connectivity index (χ4n) is 1.51. The van der Waals surface area contributed by atoms with Crippen LogP contribution in [-0.4, -0.2) is 0 Å². The zero-order chi connectivity index (χ0) is 9.26. The van der Waals surface area contributed by atoms with Gasteiger partial charge in [0.05, 0.1) is 11.6 Å². The van der Waals surface area contributed by atoms with Gasteiger partial charge in [0.15, 0.2) is 0 Å². The molecule has 0 radical (unpaired) electrons. The Morgan fingerprint density at radius 3 is 2.38 bits per heavy atom. The minimum atomic E-state index is 0.174. The number of benzene rings is 1. The molecule has 0 unspecified atom stereocenters. The van der Waals surface area contributed by atoms with Crippen molar-refractivity contribution >= 4 is 0 Å². The zero-order valence-electron chi connectivity index (χ0n) is 7.40. The van der Waals surface area contributed by atoms with Gasteiger partial charge in [-0.2, -0.15) is 5.26 Å². The predicted molar refractivity (Wildman–Crippen MR) is 50.8 cm³/mol. The number of rotatable bonds is 2. The van der Waals surface area contributed by atoms with Crippen molar-refractivity contribution in [3.8, 4) is 6.07 Å². The molecule has 0 amide bonds. The van der Waals surface area contributed by atoms with Gasteiger partial charge in [-0.1, -0.05) is 12.1 Å². The maximum Gasteiger partial charge on any atom is 0.0991 e.